The first kappa shape index (κ1) is 13.4. The van der Waals surface area contributed by atoms with Crippen molar-refractivity contribution in [1.82, 2.24) is 14.7 Å². The van der Waals surface area contributed by atoms with Gasteiger partial charge in [0.05, 0.1) is 11.9 Å². The molecule has 0 spiro atoms. The van der Waals surface area contributed by atoms with Gasteiger partial charge in [0.1, 0.15) is 5.02 Å². The van der Waals surface area contributed by atoms with Crippen LogP contribution in [0.5, 0.6) is 0 Å². The molecular weight excluding hydrogens is 252 g/mol. The maximum absolute atomic E-state index is 11.8. The van der Waals surface area contributed by atoms with E-state index in [1.807, 2.05) is 7.05 Å². The minimum Gasteiger partial charge on any atom is -0.368 e. The number of aromatic nitrogens is 2. The summed E-state index contributed by atoms with van der Waals surface area (Å²) in [7, 11) is 3.58. The van der Waals surface area contributed by atoms with Gasteiger partial charge >= 0.3 is 0 Å². The Morgan fingerprint density at radius 1 is 1.61 bits per heavy atom. The molecule has 6 heteroatoms. The highest BCUT2D eigenvalue weighted by Gasteiger charge is 2.26. The number of hydrogen-bond donors (Lipinski definition) is 0. The molecule has 2 heterocycles. The van der Waals surface area contributed by atoms with Crippen LogP contribution in [0.2, 0.25) is 5.02 Å². The number of halogens is 1. The molecule has 1 aromatic rings. The molecule has 1 aliphatic rings. The number of likely N-dealkylation sites (tertiary alicyclic amines) is 1. The van der Waals surface area contributed by atoms with Gasteiger partial charge in [0.25, 0.3) is 5.56 Å². The van der Waals surface area contributed by atoms with Crippen LogP contribution in [-0.4, -0.2) is 47.4 Å². The number of nitrogens with zero attached hydrogens (tertiary/aromatic N) is 4. The molecule has 18 heavy (non-hydrogen) atoms. The Morgan fingerprint density at radius 3 is 2.94 bits per heavy atom. The Kier molecular flexibility index (Phi) is 3.92. The molecule has 2 rings (SSSR count). The maximum Gasteiger partial charge on any atom is 0.287 e. The maximum atomic E-state index is 11.8. The Balaban J connectivity index is 2.22. The van der Waals surface area contributed by atoms with Crippen molar-refractivity contribution in [3.05, 3.63) is 21.6 Å². The van der Waals surface area contributed by atoms with Gasteiger partial charge in [-0.05, 0) is 13.0 Å². The van der Waals surface area contributed by atoms with Gasteiger partial charge in [-0.3, -0.25) is 4.79 Å². The first-order chi connectivity index (χ1) is 8.54. The van der Waals surface area contributed by atoms with Gasteiger partial charge < -0.3 is 9.80 Å². The molecule has 100 valence electrons. The summed E-state index contributed by atoms with van der Waals surface area (Å²) in [5.74, 6) is 0. The predicted molar refractivity (Wildman–Crippen MR) is 73.4 cm³/mol. The highest BCUT2D eigenvalue weighted by molar-refractivity contribution is 6.33. The lowest BCUT2D eigenvalue weighted by Crippen LogP contribution is -2.36. The number of likely N-dealkylation sites (N-methyl/N-ethyl adjacent to an activating group) is 2. The van der Waals surface area contributed by atoms with Crippen LogP contribution in [0.3, 0.4) is 0 Å². The zero-order valence-electron chi connectivity index (χ0n) is 11.1. The van der Waals surface area contributed by atoms with Crippen molar-refractivity contribution >= 4 is 17.3 Å². The number of anilines is 1. The van der Waals surface area contributed by atoms with E-state index < -0.39 is 0 Å². The Bertz CT molecular complexity index is 487. The molecule has 0 radical (unpaired) electrons. The molecule has 0 amide bonds. The van der Waals surface area contributed by atoms with E-state index in [1.165, 1.54) is 4.68 Å². The van der Waals surface area contributed by atoms with E-state index in [4.69, 9.17) is 11.6 Å². The van der Waals surface area contributed by atoms with Gasteiger partial charge in [-0.2, -0.15) is 5.10 Å². The number of aryl methyl sites for hydroxylation is 1. The van der Waals surface area contributed by atoms with Gasteiger partial charge in [0.2, 0.25) is 0 Å². The van der Waals surface area contributed by atoms with Crippen molar-refractivity contribution in [3.63, 3.8) is 0 Å². The fraction of sp³-hybridized carbons (Fsp3) is 0.667. The molecule has 0 unspecified atom stereocenters. The molecule has 1 saturated heterocycles. The normalized spacial score (nSPS) is 20.3. The van der Waals surface area contributed by atoms with Crippen LogP contribution >= 0.6 is 11.6 Å². The smallest absolute Gasteiger partial charge is 0.287 e. The van der Waals surface area contributed by atoms with E-state index >= 15 is 0 Å². The monoisotopic (exact) mass is 270 g/mol. The predicted octanol–water partition coefficient (Wildman–Crippen LogP) is 0.964. The van der Waals surface area contributed by atoms with E-state index in [2.05, 4.69) is 21.8 Å². The van der Waals surface area contributed by atoms with Crippen LogP contribution in [0.1, 0.15) is 13.3 Å². The summed E-state index contributed by atoms with van der Waals surface area (Å²) in [6.45, 7) is 5.34. The van der Waals surface area contributed by atoms with Gasteiger partial charge in [0.15, 0.2) is 0 Å². The number of hydrogen-bond acceptors (Lipinski definition) is 4. The summed E-state index contributed by atoms with van der Waals surface area (Å²) in [5.41, 5.74) is 0.481. The third-order valence-electron chi connectivity index (χ3n) is 3.68. The van der Waals surface area contributed by atoms with Crippen LogP contribution in [0, 0.1) is 0 Å². The highest BCUT2D eigenvalue weighted by Crippen LogP contribution is 2.25. The molecule has 1 aromatic heterocycles. The van der Waals surface area contributed by atoms with E-state index in [9.17, 15) is 4.79 Å². The van der Waals surface area contributed by atoms with Crippen molar-refractivity contribution in [1.29, 1.82) is 0 Å². The minimum atomic E-state index is -0.244. The standard InChI is InChI=1S/C12H19ClN4O/c1-4-17-6-5-9(8-17)15(2)10-7-14-16(3)12(18)11(10)13/h7,9H,4-6,8H2,1-3H3/t9-/m1/s1. The van der Waals surface area contributed by atoms with Crippen LogP contribution in [0.25, 0.3) is 0 Å². The second-order valence-electron chi connectivity index (χ2n) is 4.72. The lowest BCUT2D eigenvalue weighted by atomic mass is 10.2. The first-order valence-corrected chi connectivity index (χ1v) is 6.59. The molecule has 0 saturated carbocycles. The Labute approximate surface area is 112 Å². The molecule has 1 fully saturated rings. The molecule has 0 bridgehead atoms. The van der Waals surface area contributed by atoms with Crippen LogP contribution in [0.15, 0.2) is 11.0 Å². The topological polar surface area (TPSA) is 41.4 Å². The van der Waals surface area contributed by atoms with Gasteiger partial charge in [-0.15, -0.1) is 0 Å². The first-order valence-electron chi connectivity index (χ1n) is 6.21. The van der Waals surface area contributed by atoms with Gasteiger partial charge in [-0.25, -0.2) is 4.68 Å². The summed E-state index contributed by atoms with van der Waals surface area (Å²) in [5, 5.41) is 4.29. The van der Waals surface area contributed by atoms with Crippen LogP contribution in [0.4, 0.5) is 5.69 Å². The number of rotatable bonds is 3. The fourth-order valence-electron chi connectivity index (χ4n) is 2.36. The summed E-state index contributed by atoms with van der Waals surface area (Å²) >= 11 is 6.11. The molecule has 1 atom stereocenters. The fourth-order valence-corrected chi connectivity index (χ4v) is 2.66. The SMILES string of the molecule is CCN1CC[C@@H](N(C)c2cnn(C)c(=O)c2Cl)C1. The average Bonchev–Trinajstić information content (AvgIpc) is 2.84. The average molecular weight is 271 g/mol. The Morgan fingerprint density at radius 2 is 2.33 bits per heavy atom. The van der Waals surface area contributed by atoms with Crippen LogP contribution in [-0.2, 0) is 7.05 Å². The minimum absolute atomic E-state index is 0.244. The second kappa shape index (κ2) is 5.28. The summed E-state index contributed by atoms with van der Waals surface area (Å²) < 4.78 is 1.26. The molecule has 0 N–H and O–H groups in total. The lowest BCUT2D eigenvalue weighted by Gasteiger charge is -2.27. The summed E-state index contributed by atoms with van der Waals surface area (Å²) in [4.78, 5) is 16.2. The van der Waals surface area contributed by atoms with Gasteiger partial charge in [-0.1, -0.05) is 18.5 Å². The zero-order valence-corrected chi connectivity index (χ0v) is 11.8. The third-order valence-corrected chi connectivity index (χ3v) is 4.04. The van der Waals surface area contributed by atoms with Crippen molar-refractivity contribution in [2.45, 2.75) is 19.4 Å². The lowest BCUT2D eigenvalue weighted by molar-refractivity contribution is 0.352. The van der Waals surface area contributed by atoms with E-state index in [0.29, 0.717) is 6.04 Å². The summed E-state index contributed by atoms with van der Waals surface area (Å²) in [6.07, 6.45) is 2.76. The van der Waals surface area contributed by atoms with Crippen molar-refractivity contribution in [2.24, 2.45) is 7.05 Å². The largest absolute Gasteiger partial charge is 0.368 e. The second-order valence-corrected chi connectivity index (χ2v) is 5.10. The molecule has 0 aromatic carbocycles. The van der Waals surface area contributed by atoms with E-state index in [1.54, 1.807) is 13.2 Å². The van der Waals surface area contributed by atoms with Crippen molar-refractivity contribution in [3.8, 4) is 0 Å². The Hall–Kier alpha value is -1.07. The molecule has 5 nitrogen and oxygen atoms in total. The molecule has 1 aliphatic heterocycles. The summed E-state index contributed by atoms with van der Waals surface area (Å²) in [6, 6.07) is 0.399. The van der Waals surface area contributed by atoms with E-state index in [0.717, 1.165) is 31.7 Å². The zero-order chi connectivity index (χ0) is 13.3. The van der Waals surface area contributed by atoms with Gasteiger partial charge in [0, 0.05) is 33.2 Å². The van der Waals surface area contributed by atoms with Crippen LogP contribution < -0.4 is 10.5 Å². The highest BCUT2D eigenvalue weighted by atomic mass is 35.5. The molecule has 0 aliphatic carbocycles. The quantitative estimate of drug-likeness (QED) is 0.821. The molecular formula is C12H19ClN4O. The third kappa shape index (κ3) is 2.37. The van der Waals surface area contributed by atoms with Crippen molar-refractivity contribution < 1.29 is 0 Å². The van der Waals surface area contributed by atoms with Crippen molar-refractivity contribution in [2.75, 3.05) is 31.6 Å². The van der Waals surface area contributed by atoms with E-state index in [-0.39, 0.29) is 10.6 Å².